The molecule has 1 amide bonds. The Morgan fingerprint density at radius 1 is 1.30 bits per heavy atom. The number of aromatic nitrogens is 4. The molecule has 0 N–H and O–H groups in total. The second kappa shape index (κ2) is 7.68. The van der Waals surface area contributed by atoms with Crippen molar-refractivity contribution < 1.29 is 13.2 Å². The molecule has 1 atom stereocenters. The quantitative estimate of drug-likeness (QED) is 0.563. The van der Waals surface area contributed by atoms with Gasteiger partial charge in [-0.2, -0.15) is 24.6 Å². The van der Waals surface area contributed by atoms with E-state index in [1.165, 1.54) is 15.2 Å². The third-order valence-electron chi connectivity index (χ3n) is 5.95. The number of pyridine rings is 1. The van der Waals surface area contributed by atoms with Crippen LogP contribution in [0.1, 0.15) is 17.9 Å². The largest absolute Gasteiger partial charge is 0.269 e. The molecule has 1 saturated heterocycles. The van der Waals surface area contributed by atoms with E-state index in [9.17, 15) is 18.5 Å². The van der Waals surface area contributed by atoms with E-state index >= 15 is 0 Å². The number of nitrogens with zero attached hydrogens (tertiary/aromatic N) is 7. The van der Waals surface area contributed by atoms with Gasteiger partial charge in [-0.3, -0.25) is 9.78 Å². The monoisotopic (exact) mass is 461 g/mol. The lowest BCUT2D eigenvalue weighted by Crippen LogP contribution is -2.64. The van der Waals surface area contributed by atoms with Crippen molar-refractivity contribution in [1.29, 1.82) is 5.26 Å². The molecule has 10 nitrogen and oxygen atoms in total. The first-order chi connectivity index (χ1) is 15.8. The fourth-order valence-corrected chi connectivity index (χ4v) is 5.10. The molecule has 166 valence electrons. The van der Waals surface area contributed by atoms with Gasteiger partial charge in [0.25, 0.3) is 5.91 Å². The Labute approximate surface area is 189 Å². The third kappa shape index (κ3) is 3.73. The zero-order chi connectivity index (χ0) is 23.2. The van der Waals surface area contributed by atoms with Gasteiger partial charge < -0.3 is 0 Å². The number of nitriles is 1. The van der Waals surface area contributed by atoms with Crippen LogP contribution >= 0.6 is 0 Å². The summed E-state index contributed by atoms with van der Waals surface area (Å²) in [6.45, 7) is 0.292. The van der Waals surface area contributed by atoms with Gasteiger partial charge >= 0.3 is 0 Å². The number of amides is 1. The van der Waals surface area contributed by atoms with Crippen molar-refractivity contribution in [2.75, 3.05) is 19.3 Å². The first-order valence-electron chi connectivity index (χ1n) is 10.2. The van der Waals surface area contributed by atoms with Crippen molar-refractivity contribution in [2.24, 2.45) is 4.99 Å². The molecule has 1 fully saturated rings. The van der Waals surface area contributed by atoms with Gasteiger partial charge in [-0.1, -0.05) is 12.1 Å². The van der Waals surface area contributed by atoms with Crippen molar-refractivity contribution in [3.63, 3.8) is 0 Å². The Hall–Kier alpha value is -3.75. The summed E-state index contributed by atoms with van der Waals surface area (Å²) in [5.41, 5.74) is 2.24. The van der Waals surface area contributed by atoms with Gasteiger partial charge in [0.05, 0.1) is 30.5 Å². The molecule has 4 heterocycles. The number of hydrogen-bond acceptors (Lipinski definition) is 7. The fraction of sp³-hybridized carbons (Fsp3) is 0.273. The van der Waals surface area contributed by atoms with Gasteiger partial charge in [0.1, 0.15) is 11.2 Å². The molecule has 33 heavy (non-hydrogen) atoms. The molecule has 0 radical (unpaired) electrons. The van der Waals surface area contributed by atoms with Crippen LogP contribution in [0, 0.1) is 11.3 Å². The molecular weight excluding hydrogens is 442 g/mol. The average molecular weight is 462 g/mol. The van der Waals surface area contributed by atoms with E-state index in [-0.39, 0.29) is 31.3 Å². The Kier molecular flexibility index (Phi) is 4.92. The minimum absolute atomic E-state index is 0.0901. The zero-order valence-electron chi connectivity index (χ0n) is 17.7. The van der Waals surface area contributed by atoms with Crippen LogP contribution in [-0.2, 0) is 20.4 Å². The standard InChI is InChI=1S/C22H19N7O3S/c1-33(31,32)28-13-22(14-28,6-7-23)29-26-12-20(27-29)18-9-16(15-4-5-21(30)25-11-15)10-19-17(18)3-2-8-24-19/h2-5,8-12,15H,6,13-14H2,1H3. The highest BCUT2D eigenvalue weighted by atomic mass is 32.2. The molecule has 0 saturated carbocycles. The second-order valence-electron chi connectivity index (χ2n) is 8.25. The third-order valence-corrected chi connectivity index (χ3v) is 7.14. The molecule has 11 heteroatoms. The van der Waals surface area contributed by atoms with Crippen LogP contribution in [0.25, 0.3) is 22.2 Å². The van der Waals surface area contributed by atoms with Gasteiger partial charge in [-0.05, 0) is 23.8 Å². The summed E-state index contributed by atoms with van der Waals surface area (Å²) >= 11 is 0. The highest BCUT2D eigenvalue weighted by Crippen LogP contribution is 2.35. The van der Waals surface area contributed by atoms with Gasteiger partial charge in [-0.25, -0.2) is 13.4 Å². The normalized spacial score (nSPS) is 20.0. The molecule has 2 aliphatic rings. The lowest BCUT2D eigenvalue weighted by Gasteiger charge is -2.46. The van der Waals surface area contributed by atoms with E-state index in [1.807, 2.05) is 24.3 Å². The van der Waals surface area contributed by atoms with E-state index in [0.29, 0.717) is 5.69 Å². The maximum atomic E-state index is 11.9. The van der Waals surface area contributed by atoms with Gasteiger partial charge in [-0.15, -0.1) is 0 Å². The summed E-state index contributed by atoms with van der Waals surface area (Å²) in [7, 11) is -3.36. The molecule has 1 aromatic carbocycles. The van der Waals surface area contributed by atoms with Crippen molar-refractivity contribution >= 4 is 33.0 Å². The maximum Gasteiger partial charge on any atom is 0.269 e. The fourth-order valence-electron chi connectivity index (χ4n) is 4.15. The number of carbonyl (C=O) groups excluding carboxylic acids is 1. The number of fused-ring (bicyclic) bond motifs is 1. The van der Waals surface area contributed by atoms with E-state index in [0.717, 1.165) is 28.3 Å². The van der Waals surface area contributed by atoms with Crippen molar-refractivity contribution in [3.05, 3.63) is 54.4 Å². The highest BCUT2D eigenvalue weighted by Gasteiger charge is 2.50. The Balaban J connectivity index is 1.57. The van der Waals surface area contributed by atoms with Crippen LogP contribution in [0.2, 0.25) is 0 Å². The Bertz CT molecular complexity index is 1460. The number of sulfonamides is 1. The van der Waals surface area contributed by atoms with Crippen LogP contribution in [-0.4, -0.2) is 64.2 Å². The number of aliphatic imine (C=N–C) groups is 1. The highest BCUT2D eigenvalue weighted by molar-refractivity contribution is 7.88. The lowest BCUT2D eigenvalue weighted by atomic mass is 9.90. The molecule has 2 aliphatic heterocycles. The van der Waals surface area contributed by atoms with Crippen LogP contribution in [0.15, 0.2) is 53.8 Å². The van der Waals surface area contributed by atoms with E-state index in [2.05, 4.69) is 26.2 Å². The van der Waals surface area contributed by atoms with Crippen LogP contribution in [0.5, 0.6) is 0 Å². The molecule has 2 aromatic heterocycles. The maximum absolute atomic E-state index is 11.9. The smallest absolute Gasteiger partial charge is 0.268 e. The van der Waals surface area contributed by atoms with Crippen molar-refractivity contribution in [3.8, 4) is 17.3 Å². The average Bonchev–Trinajstić information content (AvgIpc) is 3.25. The minimum Gasteiger partial charge on any atom is -0.268 e. The zero-order valence-corrected chi connectivity index (χ0v) is 18.5. The van der Waals surface area contributed by atoms with E-state index < -0.39 is 15.6 Å². The van der Waals surface area contributed by atoms with Gasteiger partial charge in [0.2, 0.25) is 10.0 Å². The number of rotatable bonds is 5. The topological polar surface area (TPSA) is 134 Å². The predicted octanol–water partition coefficient (Wildman–Crippen LogP) is 1.63. The molecule has 0 spiro atoms. The molecule has 5 rings (SSSR count). The van der Waals surface area contributed by atoms with E-state index in [4.69, 9.17) is 0 Å². The van der Waals surface area contributed by atoms with Crippen LogP contribution in [0.3, 0.4) is 0 Å². The molecule has 0 aliphatic carbocycles. The molecular formula is C22H19N7O3S. The Morgan fingerprint density at radius 3 is 2.82 bits per heavy atom. The summed E-state index contributed by atoms with van der Waals surface area (Å²) < 4.78 is 25.0. The number of hydrogen-bond donors (Lipinski definition) is 0. The summed E-state index contributed by atoms with van der Waals surface area (Å²) in [4.78, 5) is 21.3. The van der Waals surface area contributed by atoms with Gasteiger partial charge in [0, 0.05) is 48.4 Å². The molecule has 0 bridgehead atoms. The number of carbonyl (C=O) groups is 1. The Morgan fingerprint density at radius 2 is 2.12 bits per heavy atom. The first kappa shape index (κ1) is 21.1. The summed E-state index contributed by atoms with van der Waals surface area (Å²) in [6.07, 6.45) is 9.39. The van der Waals surface area contributed by atoms with Crippen molar-refractivity contribution in [2.45, 2.75) is 17.9 Å². The van der Waals surface area contributed by atoms with Gasteiger partial charge in [0.15, 0.2) is 0 Å². The van der Waals surface area contributed by atoms with Crippen LogP contribution in [0.4, 0.5) is 0 Å². The molecule has 3 aromatic rings. The lowest BCUT2D eigenvalue weighted by molar-refractivity contribution is -0.113. The van der Waals surface area contributed by atoms with Crippen LogP contribution < -0.4 is 0 Å². The van der Waals surface area contributed by atoms with Crippen molar-refractivity contribution in [1.82, 2.24) is 24.3 Å². The number of benzene rings is 1. The second-order valence-corrected chi connectivity index (χ2v) is 10.2. The summed E-state index contributed by atoms with van der Waals surface area (Å²) in [6, 6.07) is 9.83. The first-order valence-corrected chi connectivity index (χ1v) is 12.0. The molecule has 1 unspecified atom stereocenters. The number of dihydropyridines is 1. The number of allylic oxidation sites excluding steroid dienone is 1. The minimum atomic E-state index is -3.36. The summed E-state index contributed by atoms with van der Waals surface area (Å²) in [5, 5.41) is 19.3. The SMILES string of the molecule is CS(=O)(=O)N1CC(CC#N)(n2ncc(-c3cc(C4C=CC(=O)N=C4)cc4ncccc34)n2)C1. The summed E-state index contributed by atoms with van der Waals surface area (Å²) in [5.74, 6) is -0.470. The predicted molar refractivity (Wildman–Crippen MR) is 121 cm³/mol. The van der Waals surface area contributed by atoms with E-state index in [1.54, 1.807) is 24.7 Å².